The number of methoxy groups -OCH3 is 1. The molecule has 0 aliphatic carbocycles. The highest BCUT2D eigenvalue weighted by Crippen LogP contribution is 2.22. The molecular formula is C20H17ClN2O4. The standard InChI is InChI=1S/C20H17ClN2O4/c1-12-17(10-13-9-14(21)3-8-18(13)22-12)20(25)23-15-4-6-16(7-5-15)27-11-19(24)26-2/h3-10H,11H2,1-2H3,(H,23,25). The lowest BCUT2D eigenvalue weighted by molar-refractivity contribution is -0.142. The van der Waals surface area contributed by atoms with Gasteiger partial charge in [0.25, 0.3) is 5.91 Å². The lowest BCUT2D eigenvalue weighted by atomic mass is 10.1. The molecule has 0 atom stereocenters. The molecule has 1 N–H and O–H groups in total. The maximum atomic E-state index is 12.6. The third-order valence-electron chi connectivity index (χ3n) is 3.91. The zero-order chi connectivity index (χ0) is 19.4. The molecule has 0 aliphatic rings. The van der Waals surface area contributed by atoms with Gasteiger partial charge in [-0.2, -0.15) is 0 Å². The van der Waals surface area contributed by atoms with Gasteiger partial charge >= 0.3 is 5.97 Å². The minimum absolute atomic E-state index is 0.174. The third-order valence-corrected chi connectivity index (χ3v) is 4.14. The van der Waals surface area contributed by atoms with E-state index in [4.69, 9.17) is 16.3 Å². The number of pyridine rings is 1. The van der Waals surface area contributed by atoms with Crippen LogP contribution in [0, 0.1) is 6.92 Å². The minimum Gasteiger partial charge on any atom is -0.482 e. The molecule has 27 heavy (non-hydrogen) atoms. The summed E-state index contributed by atoms with van der Waals surface area (Å²) in [7, 11) is 1.29. The first-order valence-electron chi connectivity index (χ1n) is 8.14. The Morgan fingerprint density at radius 2 is 1.85 bits per heavy atom. The molecule has 0 bridgehead atoms. The van der Waals surface area contributed by atoms with Crippen LogP contribution >= 0.6 is 11.6 Å². The van der Waals surface area contributed by atoms with Gasteiger partial charge in [-0.25, -0.2) is 4.79 Å². The van der Waals surface area contributed by atoms with Gasteiger partial charge in [0.05, 0.1) is 23.9 Å². The van der Waals surface area contributed by atoms with Crippen molar-refractivity contribution >= 4 is 40.1 Å². The van der Waals surface area contributed by atoms with Crippen LogP contribution in [0.1, 0.15) is 16.1 Å². The summed E-state index contributed by atoms with van der Waals surface area (Å²) in [4.78, 5) is 28.2. The average molecular weight is 385 g/mol. The highest BCUT2D eigenvalue weighted by Gasteiger charge is 2.12. The second kappa shape index (κ2) is 8.05. The Kier molecular flexibility index (Phi) is 5.57. The Morgan fingerprint density at radius 1 is 1.11 bits per heavy atom. The van der Waals surface area contributed by atoms with E-state index in [2.05, 4.69) is 15.0 Å². The van der Waals surface area contributed by atoms with E-state index in [1.807, 2.05) is 6.07 Å². The SMILES string of the molecule is COC(=O)COc1ccc(NC(=O)c2cc3cc(Cl)ccc3nc2C)cc1. The number of anilines is 1. The molecule has 3 aromatic rings. The Balaban J connectivity index is 1.74. The summed E-state index contributed by atoms with van der Waals surface area (Å²) in [5, 5.41) is 4.20. The Bertz CT molecular complexity index is 1000. The maximum Gasteiger partial charge on any atom is 0.343 e. The lowest BCUT2D eigenvalue weighted by Gasteiger charge is -2.10. The van der Waals surface area contributed by atoms with Crippen LogP contribution in [0.2, 0.25) is 5.02 Å². The summed E-state index contributed by atoms with van der Waals surface area (Å²) in [6.45, 7) is 1.61. The number of nitrogens with one attached hydrogen (secondary N) is 1. The fourth-order valence-electron chi connectivity index (χ4n) is 2.51. The molecule has 0 saturated carbocycles. The molecule has 0 fully saturated rings. The number of fused-ring (bicyclic) bond motifs is 1. The van der Waals surface area contributed by atoms with Crippen molar-refractivity contribution in [1.29, 1.82) is 0 Å². The zero-order valence-electron chi connectivity index (χ0n) is 14.8. The number of rotatable bonds is 5. The third kappa shape index (κ3) is 4.54. The van der Waals surface area contributed by atoms with Crippen LogP contribution < -0.4 is 10.1 Å². The van der Waals surface area contributed by atoms with Gasteiger partial charge in [0.2, 0.25) is 0 Å². The number of nitrogens with zero attached hydrogens (tertiary/aromatic N) is 1. The van der Waals surface area contributed by atoms with Crippen LogP contribution in [-0.2, 0) is 9.53 Å². The molecule has 0 aliphatic heterocycles. The molecule has 2 aromatic carbocycles. The van der Waals surface area contributed by atoms with E-state index in [1.165, 1.54) is 7.11 Å². The quantitative estimate of drug-likeness (QED) is 0.673. The first-order valence-corrected chi connectivity index (χ1v) is 8.52. The summed E-state index contributed by atoms with van der Waals surface area (Å²) in [6, 6.07) is 13.8. The first kappa shape index (κ1) is 18.7. The van der Waals surface area contributed by atoms with Gasteiger partial charge in [0, 0.05) is 16.1 Å². The first-order chi connectivity index (χ1) is 13.0. The van der Waals surface area contributed by atoms with Gasteiger partial charge < -0.3 is 14.8 Å². The molecule has 138 valence electrons. The van der Waals surface area contributed by atoms with Crippen molar-refractivity contribution < 1.29 is 19.1 Å². The predicted octanol–water partition coefficient (Wildman–Crippen LogP) is 4.00. The summed E-state index contributed by atoms with van der Waals surface area (Å²) < 4.78 is 9.78. The van der Waals surface area contributed by atoms with Gasteiger partial charge in [-0.05, 0) is 55.5 Å². The van der Waals surface area contributed by atoms with E-state index in [1.54, 1.807) is 49.4 Å². The fraction of sp³-hybridized carbons (Fsp3) is 0.150. The van der Waals surface area contributed by atoms with E-state index in [-0.39, 0.29) is 12.5 Å². The largest absolute Gasteiger partial charge is 0.482 e. The Morgan fingerprint density at radius 3 is 2.56 bits per heavy atom. The number of carbonyl (C=O) groups excluding carboxylic acids is 2. The molecule has 0 radical (unpaired) electrons. The number of amides is 1. The molecular weight excluding hydrogens is 368 g/mol. The van der Waals surface area contributed by atoms with Crippen LogP contribution in [0.25, 0.3) is 10.9 Å². The Hall–Kier alpha value is -3.12. The normalized spacial score (nSPS) is 10.5. The molecule has 3 rings (SSSR count). The van der Waals surface area contributed by atoms with Crippen LogP contribution in [0.4, 0.5) is 5.69 Å². The number of halogens is 1. The van der Waals surface area contributed by atoms with Crippen LogP contribution in [0.3, 0.4) is 0 Å². The average Bonchev–Trinajstić information content (AvgIpc) is 2.66. The number of benzene rings is 2. The van der Waals surface area contributed by atoms with Crippen LogP contribution in [-0.4, -0.2) is 30.6 Å². The Labute approximate surface area is 161 Å². The van der Waals surface area contributed by atoms with Crippen molar-refractivity contribution in [2.45, 2.75) is 6.92 Å². The molecule has 1 amide bonds. The second-order valence-electron chi connectivity index (χ2n) is 5.80. The number of ether oxygens (including phenoxy) is 2. The molecule has 0 unspecified atom stereocenters. The fourth-order valence-corrected chi connectivity index (χ4v) is 2.69. The highest BCUT2D eigenvalue weighted by atomic mass is 35.5. The smallest absolute Gasteiger partial charge is 0.343 e. The summed E-state index contributed by atoms with van der Waals surface area (Å²) in [5.41, 5.74) is 2.47. The van der Waals surface area contributed by atoms with Crippen molar-refractivity contribution in [3.8, 4) is 5.75 Å². The minimum atomic E-state index is -0.466. The number of hydrogen-bond acceptors (Lipinski definition) is 5. The summed E-state index contributed by atoms with van der Waals surface area (Å²) in [6.07, 6.45) is 0. The molecule has 6 nitrogen and oxygen atoms in total. The van der Waals surface area contributed by atoms with Crippen molar-refractivity contribution in [2.75, 3.05) is 19.0 Å². The number of hydrogen-bond donors (Lipinski definition) is 1. The van der Waals surface area contributed by atoms with Gasteiger partial charge in [0.1, 0.15) is 5.75 Å². The molecule has 0 spiro atoms. The van der Waals surface area contributed by atoms with Gasteiger partial charge in [-0.1, -0.05) is 11.6 Å². The number of carbonyl (C=O) groups is 2. The number of esters is 1. The van der Waals surface area contributed by atoms with E-state index >= 15 is 0 Å². The second-order valence-corrected chi connectivity index (χ2v) is 6.24. The van der Waals surface area contributed by atoms with Crippen molar-refractivity contribution in [3.05, 3.63) is 64.8 Å². The molecule has 1 heterocycles. The van der Waals surface area contributed by atoms with Gasteiger partial charge in [-0.15, -0.1) is 0 Å². The molecule has 7 heteroatoms. The van der Waals surface area contributed by atoms with Crippen LogP contribution in [0.15, 0.2) is 48.5 Å². The highest BCUT2D eigenvalue weighted by molar-refractivity contribution is 6.31. The van der Waals surface area contributed by atoms with Crippen molar-refractivity contribution in [3.63, 3.8) is 0 Å². The van der Waals surface area contributed by atoms with Crippen molar-refractivity contribution in [1.82, 2.24) is 4.98 Å². The maximum absolute atomic E-state index is 12.6. The summed E-state index contributed by atoms with van der Waals surface area (Å²) >= 11 is 6.02. The topological polar surface area (TPSA) is 77.5 Å². The van der Waals surface area contributed by atoms with Crippen LogP contribution in [0.5, 0.6) is 5.75 Å². The van der Waals surface area contributed by atoms with E-state index in [0.717, 1.165) is 10.9 Å². The monoisotopic (exact) mass is 384 g/mol. The zero-order valence-corrected chi connectivity index (χ0v) is 15.5. The van der Waals surface area contributed by atoms with E-state index in [9.17, 15) is 9.59 Å². The van der Waals surface area contributed by atoms with E-state index < -0.39 is 5.97 Å². The van der Waals surface area contributed by atoms with Gasteiger partial charge in [0.15, 0.2) is 6.61 Å². The van der Waals surface area contributed by atoms with Gasteiger partial charge in [-0.3, -0.25) is 9.78 Å². The lowest BCUT2D eigenvalue weighted by Crippen LogP contribution is -2.14. The molecule has 1 aromatic heterocycles. The number of aryl methyl sites for hydroxylation is 1. The predicted molar refractivity (Wildman–Crippen MR) is 103 cm³/mol. The van der Waals surface area contributed by atoms with Crippen molar-refractivity contribution in [2.24, 2.45) is 0 Å². The number of aromatic nitrogens is 1. The molecule has 0 saturated heterocycles. The summed E-state index contributed by atoms with van der Waals surface area (Å²) in [5.74, 6) is -0.242. The van der Waals surface area contributed by atoms with E-state index in [0.29, 0.717) is 27.7 Å².